The predicted octanol–water partition coefficient (Wildman–Crippen LogP) is 3.11. The van der Waals surface area contributed by atoms with Crippen molar-refractivity contribution in [2.24, 2.45) is 0 Å². The van der Waals surface area contributed by atoms with Crippen LogP contribution in [0.1, 0.15) is 21.5 Å². The lowest BCUT2D eigenvalue weighted by Gasteiger charge is -2.09. The highest BCUT2D eigenvalue weighted by atomic mass is 32.2. The van der Waals surface area contributed by atoms with Crippen LogP contribution in [0.3, 0.4) is 0 Å². The van der Waals surface area contributed by atoms with E-state index in [9.17, 15) is 19.7 Å². The summed E-state index contributed by atoms with van der Waals surface area (Å²) in [5.41, 5.74) is 7.22. The fourth-order valence-corrected chi connectivity index (χ4v) is 3.27. The molecule has 0 unspecified atom stereocenters. The minimum atomic E-state index is -0.584. The Bertz CT molecular complexity index is 1130. The highest BCUT2D eigenvalue weighted by Crippen LogP contribution is 2.23. The number of nitrogens with one attached hydrogen (secondary N) is 2. The molecule has 9 nitrogen and oxygen atoms in total. The van der Waals surface area contributed by atoms with Crippen molar-refractivity contribution in [1.82, 2.24) is 9.97 Å². The monoisotopic (exact) mass is 411 g/mol. The second-order valence-electron chi connectivity index (χ2n) is 6.17. The Labute approximate surface area is 169 Å². The van der Waals surface area contributed by atoms with Gasteiger partial charge in [0.15, 0.2) is 11.0 Å². The van der Waals surface area contributed by atoms with Gasteiger partial charge in [-0.3, -0.25) is 24.7 Å². The Morgan fingerprint density at radius 2 is 2.00 bits per heavy atom. The number of nitrogens with two attached hydrogens (primary N) is 1. The van der Waals surface area contributed by atoms with E-state index in [0.29, 0.717) is 16.9 Å². The number of nitrogens with zero attached hydrogens (tertiary/aromatic N) is 2. The number of aromatic amines is 1. The second-order valence-corrected chi connectivity index (χ2v) is 7.13. The molecule has 10 heteroatoms. The van der Waals surface area contributed by atoms with Gasteiger partial charge in [-0.2, -0.15) is 0 Å². The van der Waals surface area contributed by atoms with Gasteiger partial charge in [-0.05, 0) is 24.6 Å². The summed E-state index contributed by atoms with van der Waals surface area (Å²) < 4.78 is 0. The lowest BCUT2D eigenvalue weighted by atomic mass is 10.1. The molecule has 0 saturated carbocycles. The number of thioether (sulfide) groups is 1. The minimum Gasteiger partial charge on any atom is -0.382 e. The maximum Gasteiger partial charge on any atom is 0.277 e. The summed E-state index contributed by atoms with van der Waals surface area (Å²) in [7, 11) is 0. The van der Waals surface area contributed by atoms with Crippen molar-refractivity contribution in [2.75, 3.05) is 11.1 Å². The first-order chi connectivity index (χ1) is 13.8. The third kappa shape index (κ3) is 4.99. The normalized spacial score (nSPS) is 10.5. The van der Waals surface area contributed by atoms with Crippen molar-refractivity contribution in [1.29, 1.82) is 0 Å². The Kier molecular flexibility index (Phi) is 5.93. The number of benzene rings is 2. The van der Waals surface area contributed by atoms with Gasteiger partial charge in [-0.1, -0.05) is 41.6 Å². The van der Waals surface area contributed by atoms with Crippen molar-refractivity contribution in [3.05, 3.63) is 85.7 Å². The third-order valence-electron chi connectivity index (χ3n) is 3.97. The van der Waals surface area contributed by atoms with Gasteiger partial charge in [0.25, 0.3) is 17.2 Å². The lowest BCUT2D eigenvalue weighted by Crippen LogP contribution is -2.23. The molecular weight excluding hydrogens is 394 g/mol. The van der Waals surface area contributed by atoms with Crippen LogP contribution in [-0.2, 0) is 5.75 Å². The number of aryl methyl sites for hydroxylation is 1. The van der Waals surface area contributed by atoms with Crippen molar-refractivity contribution in [3.8, 4) is 0 Å². The van der Waals surface area contributed by atoms with Crippen LogP contribution in [0.4, 0.5) is 17.2 Å². The Balaban J connectivity index is 1.73. The number of hydrogen-bond acceptors (Lipinski definition) is 7. The summed E-state index contributed by atoms with van der Waals surface area (Å²) in [6.45, 7) is 1.90. The summed E-state index contributed by atoms with van der Waals surface area (Å²) in [5, 5.41) is 13.6. The molecule has 29 heavy (non-hydrogen) atoms. The first-order valence-electron chi connectivity index (χ1n) is 8.47. The molecule has 148 valence electrons. The number of rotatable bonds is 6. The van der Waals surface area contributed by atoms with Gasteiger partial charge in [-0.15, -0.1) is 0 Å². The van der Waals surface area contributed by atoms with E-state index in [4.69, 9.17) is 5.73 Å². The third-order valence-corrected chi connectivity index (χ3v) is 4.92. The van der Waals surface area contributed by atoms with E-state index in [1.54, 1.807) is 36.4 Å². The number of hydrogen-bond donors (Lipinski definition) is 3. The van der Waals surface area contributed by atoms with Crippen LogP contribution in [0.15, 0.2) is 58.5 Å². The van der Waals surface area contributed by atoms with Crippen LogP contribution in [0.5, 0.6) is 0 Å². The first kappa shape index (κ1) is 20.1. The summed E-state index contributed by atoms with van der Waals surface area (Å²) in [6.07, 6.45) is 0. The first-order valence-corrected chi connectivity index (χ1v) is 9.46. The number of nitro groups is 1. The summed E-state index contributed by atoms with van der Waals surface area (Å²) >= 11 is 1.17. The van der Waals surface area contributed by atoms with Gasteiger partial charge < -0.3 is 11.1 Å². The molecule has 0 fully saturated rings. The molecule has 0 atom stereocenters. The van der Waals surface area contributed by atoms with Crippen LogP contribution in [0, 0.1) is 17.0 Å². The van der Waals surface area contributed by atoms with Crippen molar-refractivity contribution < 1.29 is 9.72 Å². The van der Waals surface area contributed by atoms with E-state index in [1.807, 2.05) is 6.92 Å². The van der Waals surface area contributed by atoms with Gasteiger partial charge in [0.05, 0.1) is 4.92 Å². The minimum absolute atomic E-state index is 0.0155. The van der Waals surface area contributed by atoms with Crippen molar-refractivity contribution >= 4 is 34.9 Å². The average molecular weight is 411 g/mol. The molecule has 0 aliphatic carbocycles. The number of amides is 1. The maximum absolute atomic E-state index is 12.3. The number of anilines is 2. The number of non-ortho nitro benzene ring substituents is 1. The van der Waals surface area contributed by atoms with E-state index in [1.165, 1.54) is 23.9 Å². The van der Waals surface area contributed by atoms with E-state index in [2.05, 4.69) is 15.3 Å². The number of carbonyl (C=O) groups excluding carboxylic acids is 1. The number of aromatic nitrogens is 2. The molecule has 0 spiro atoms. The van der Waals surface area contributed by atoms with Crippen LogP contribution in [0.25, 0.3) is 0 Å². The molecule has 0 saturated heterocycles. The molecule has 0 bridgehead atoms. The van der Waals surface area contributed by atoms with Crippen molar-refractivity contribution in [2.45, 2.75) is 17.8 Å². The number of carbonyl (C=O) groups is 1. The van der Waals surface area contributed by atoms with Gasteiger partial charge in [0, 0.05) is 23.4 Å². The molecule has 0 aliphatic rings. The second kappa shape index (κ2) is 8.57. The molecule has 0 aliphatic heterocycles. The number of H-pyrrole nitrogens is 1. The van der Waals surface area contributed by atoms with Gasteiger partial charge >= 0.3 is 0 Å². The molecule has 0 radical (unpaired) electrons. The Morgan fingerprint density at radius 1 is 1.28 bits per heavy atom. The summed E-state index contributed by atoms with van der Waals surface area (Å²) in [6, 6.07) is 13.0. The lowest BCUT2D eigenvalue weighted by molar-refractivity contribution is -0.384. The average Bonchev–Trinajstić information content (AvgIpc) is 2.69. The smallest absolute Gasteiger partial charge is 0.277 e. The SMILES string of the molecule is Cc1ccc(C(=O)Nc2c(N)nc(SCc3cccc([N+](=O)[O-])c3)[nH]c2=O)cc1. The van der Waals surface area contributed by atoms with Gasteiger partial charge in [0.2, 0.25) is 0 Å². The molecule has 1 amide bonds. The van der Waals surface area contributed by atoms with Crippen LogP contribution in [0.2, 0.25) is 0 Å². The molecular formula is C19H17N5O4S. The van der Waals surface area contributed by atoms with Crippen LogP contribution >= 0.6 is 11.8 Å². The molecule has 2 aromatic carbocycles. The zero-order chi connectivity index (χ0) is 21.0. The fourth-order valence-electron chi connectivity index (χ4n) is 2.46. The number of nitrogen functional groups attached to an aromatic ring is 1. The van der Waals surface area contributed by atoms with Crippen LogP contribution < -0.4 is 16.6 Å². The number of nitro benzene ring substituents is 1. The van der Waals surface area contributed by atoms with E-state index >= 15 is 0 Å². The van der Waals surface area contributed by atoms with E-state index in [-0.39, 0.29) is 22.3 Å². The van der Waals surface area contributed by atoms with Gasteiger partial charge in [0.1, 0.15) is 5.69 Å². The zero-order valence-corrected chi connectivity index (χ0v) is 16.2. The molecule has 1 aromatic heterocycles. The summed E-state index contributed by atoms with van der Waals surface area (Å²) in [4.78, 5) is 41.7. The maximum atomic E-state index is 12.3. The Hall–Kier alpha value is -3.66. The van der Waals surface area contributed by atoms with Crippen molar-refractivity contribution in [3.63, 3.8) is 0 Å². The standard InChI is InChI=1S/C19H17N5O4S/c1-11-5-7-13(8-6-11)17(25)21-15-16(20)22-19(23-18(15)26)29-10-12-3-2-4-14(9-12)24(27)28/h2-9H,10H2,1H3,(H,21,25)(H3,20,22,23,26). The highest BCUT2D eigenvalue weighted by Gasteiger charge is 2.14. The topological polar surface area (TPSA) is 144 Å². The Morgan fingerprint density at radius 3 is 2.66 bits per heavy atom. The molecule has 3 rings (SSSR count). The van der Waals surface area contributed by atoms with Gasteiger partial charge in [-0.25, -0.2) is 4.98 Å². The van der Waals surface area contributed by atoms with E-state index in [0.717, 1.165) is 5.56 Å². The highest BCUT2D eigenvalue weighted by molar-refractivity contribution is 7.98. The zero-order valence-electron chi connectivity index (χ0n) is 15.3. The van der Waals surface area contributed by atoms with Crippen LogP contribution in [-0.4, -0.2) is 20.8 Å². The predicted molar refractivity (Wildman–Crippen MR) is 111 cm³/mol. The molecule has 3 aromatic rings. The quantitative estimate of drug-likeness (QED) is 0.245. The fraction of sp³-hybridized carbons (Fsp3) is 0.105. The molecule has 4 N–H and O–H groups in total. The largest absolute Gasteiger partial charge is 0.382 e. The molecule has 1 heterocycles. The van der Waals surface area contributed by atoms with E-state index < -0.39 is 16.4 Å². The summed E-state index contributed by atoms with van der Waals surface area (Å²) in [5.74, 6) is -0.240.